The van der Waals surface area contributed by atoms with E-state index >= 15 is 0 Å². The molecule has 1 saturated heterocycles. The number of carbonyl (C=O) groups excluding carboxylic acids is 2. The van der Waals surface area contributed by atoms with Crippen molar-refractivity contribution in [3.8, 4) is 0 Å². The van der Waals surface area contributed by atoms with E-state index in [9.17, 15) is 9.59 Å². The summed E-state index contributed by atoms with van der Waals surface area (Å²) < 4.78 is 16.6. The number of nitrogens with zero attached hydrogens (tertiary/aromatic N) is 1. The van der Waals surface area contributed by atoms with Crippen molar-refractivity contribution in [3.63, 3.8) is 0 Å². The third-order valence-electron chi connectivity index (χ3n) is 4.22. The molecule has 3 atom stereocenters. The highest BCUT2D eigenvalue weighted by atomic mass is 32.1. The van der Waals surface area contributed by atoms with Crippen molar-refractivity contribution < 1.29 is 23.8 Å². The van der Waals surface area contributed by atoms with Gasteiger partial charge in [-0.05, 0) is 38.3 Å². The number of hydrogen-bond acceptors (Lipinski definition) is 6. The highest BCUT2D eigenvalue weighted by Gasteiger charge is 2.52. The number of fused-ring (bicyclic) bond motifs is 1. The number of methoxy groups -OCH3 is 1. The molecule has 2 aliphatic rings. The van der Waals surface area contributed by atoms with Crippen LogP contribution in [0.4, 0.5) is 4.79 Å². The highest BCUT2D eigenvalue weighted by molar-refractivity contribution is 7.11. The van der Waals surface area contributed by atoms with Gasteiger partial charge in [-0.1, -0.05) is 6.07 Å². The molecule has 2 amide bonds. The van der Waals surface area contributed by atoms with Crippen molar-refractivity contribution in [1.82, 2.24) is 10.2 Å². The molecule has 7 nitrogen and oxygen atoms in total. The number of alkyl carbamates (subject to hydrolysis) is 1. The van der Waals surface area contributed by atoms with Crippen molar-refractivity contribution in [1.29, 1.82) is 0 Å². The van der Waals surface area contributed by atoms with E-state index in [0.29, 0.717) is 12.3 Å². The van der Waals surface area contributed by atoms with Crippen molar-refractivity contribution in [2.24, 2.45) is 0 Å². The second kappa shape index (κ2) is 7.28. The van der Waals surface area contributed by atoms with Crippen molar-refractivity contribution >= 4 is 29.1 Å². The molecule has 0 aromatic carbocycles. The van der Waals surface area contributed by atoms with Crippen LogP contribution >= 0.6 is 11.3 Å². The van der Waals surface area contributed by atoms with Crippen molar-refractivity contribution in [2.45, 2.75) is 44.6 Å². The highest BCUT2D eigenvalue weighted by Crippen LogP contribution is 2.31. The molecule has 1 fully saturated rings. The van der Waals surface area contributed by atoms with Gasteiger partial charge < -0.3 is 24.4 Å². The van der Waals surface area contributed by atoms with Gasteiger partial charge in [-0.15, -0.1) is 11.3 Å². The predicted molar refractivity (Wildman–Crippen MR) is 97.7 cm³/mol. The molecule has 0 bridgehead atoms. The molecule has 2 aliphatic heterocycles. The number of β-lactam (4-membered cyclic amide) rings is 1. The van der Waals surface area contributed by atoms with Crippen LogP contribution in [0.3, 0.4) is 0 Å². The maximum absolute atomic E-state index is 12.3. The summed E-state index contributed by atoms with van der Waals surface area (Å²) >= 11 is 1.56. The first-order valence-electron chi connectivity index (χ1n) is 8.50. The molecule has 1 aromatic rings. The average Bonchev–Trinajstić information content (AvgIpc) is 3.05. The molecule has 0 unspecified atom stereocenters. The van der Waals surface area contributed by atoms with Crippen LogP contribution in [-0.4, -0.2) is 61.0 Å². The Balaban J connectivity index is 1.79. The second-order valence-corrected chi connectivity index (χ2v) is 8.19. The molecule has 0 aliphatic carbocycles. The molecule has 26 heavy (non-hydrogen) atoms. The minimum Gasteiger partial charge on any atom is -0.490 e. The summed E-state index contributed by atoms with van der Waals surface area (Å²) in [6.07, 6.45) is 0.768. The lowest BCUT2D eigenvalue weighted by atomic mass is 9.90. The predicted octanol–water partition coefficient (Wildman–Crippen LogP) is 2.24. The fourth-order valence-electron chi connectivity index (χ4n) is 3.11. The fourth-order valence-corrected chi connectivity index (χ4v) is 3.83. The first-order valence-corrected chi connectivity index (χ1v) is 9.38. The van der Waals surface area contributed by atoms with Gasteiger partial charge in [0.05, 0.1) is 17.0 Å². The van der Waals surface area contributed by atoms with Gasteiger partial charge in [0.1, 0.15) is 18.0 Å². The van der Waals surface area contributed by atoms with Gasteiger partial charge in [0.2, 0.25) is 0 Å². The Morgan fingerprint density at radius 3 is 2.81 bits per heavy atom. The fraction of sp³-hybridized carbons (Fsp3) is 0.556. The first kappa shape index (κ1) is 18.7. The van der Waals surface area contributed by atoms with Gasteiger partial charge in [0.25, 0.3) is 5.91 Å². The second-order valence-electron chi connectivity index (χ2n) is 7.25. The molecule has 8 heteroatoms. The van der Waals surface area contributed by atoms with E-state index in [4.69, 9.17) is 14.2 Å². The zero-order valence-corrected chi connectivity index (χ0v) is 16.2. The van der Waals surface area contributed by atoms with Crippen LogP contribution in [0.15, 0.2) is 23.6 Å². The van der Waals surface area contributed by atoms with Crippen molar-refractivity contribution in [2.75, 3.05) is 20.3 Å². The van der Waals surface area contributed by atoms with Crippen LogP contribution in [0.5, 0.6) is 0 Å². The lowest BCUT2D eigenvalue weighted by molar-refractivity contribution is -0.173. The summed E-state index contributed by atoms with van der Waals surface area (Å²) in [4.78, 5) is 27.3. The molecule has 1 N–H and O–H groups in total. The molecule has 1 aromatic heterocycles. The van der Waals surface area contributed by atoms with Gasteiger partial charge in [-0.25, -0.2) is 4.79 Å². The lowest BCUT2D eigenvalue weighted by Gasteiger charge is -2.49. The SMILES string of the molecule is CO[C@@H]1C(=O)N2C/C=C(/c3cccs3)OC[C@H](NC(=O)OC(C)(C)C)[C@H]12. The van der Waals surface area contributed by atoms with E-state index in [2.05, 4.69) is 5.32 Å². The molecule has 0 radical (unpaired) electrons. The molecular formula is C18H24N2O5S. The Labute approximate surface area is 156 Å². The van der Waals surface area contributed by atoms with Crippen LogP contribution in [-0.2, 0) is 19.0 Å². The zero-order valence-electron chi connectivity index (χ0n) is 15.4. The maximum atomic E-state index is 12.3. The third-order valence-corrected chi connectivity index (χ3v) is 5.11. The van der Waals surface area contributed by atoms with Crippen LogP contribution in [0.1, 0.15) is 25.6 Å². The van der Waals surface area contributed by atoms with Gasteiger partial charge in [-0.2, -0.15) is 0 Å². The van der Waals surface area contributed by atoms with E-state index in [1.54, 1.807) is 37.0 Å². The Morgan fingerprint density at radius 2 is 2.19 bits per heavy atom. The molecule has 0 spiro atoms. The Hall–Kier alpha value is -2.06. The minimum atomic E-state index is -0.607. The largest absolute Gasteiger partial charge is 0.490 e. The quantitative estimate of drug-likeness (QED) is 0.814. The van der Waals surface area contributed by atoms with Crippen LogP contribution < -0.4 is 5.32 Å². The number of nitrogens with one attached hydrogen (secondary N) is 1. The number of ether oxygens (including phenoxy) is 3. The molecular weight excluding hydrogens is 356 g/mol. The van der Waals surface area contributed by atoms with Gasteiger partial charge >= 0.3 is 6.09 Å². The average molecular weight is 380 g/mol. The summed E-state index contributed by atoms with van der Waals surface area (Å²) in [5.41, 5.74) is -0.607. The number of hydrogen-bond donors (Lipinski definition) is 1. The van der Waals surface area contributed by atoms with Gasteiger partial charge in [0, 0.05) is 13.7 Å². The lowest BCUT2D eigenvalue weighted by Crippen LogP contribution is -2.73. The summed E-state index contributed by atoms with van der Waals surface area (Å²) in [6.45, 7) is 6.03. The number of thiophene rings is 1. The molecule has 3 rings (SSSR count). The van der Waals surface area contributed by atoms with E-state index in [1.807, 2.05) is 23.6 Å². The van der Waals surface area contributed by atoms with Crippen LogP contribution in [0.2, 0.25) is 0 Å². The van der Waals surface area contributed by atoms with E-state index in [-0.39, 0.29) is 18.6 Å². The third kappa shape index (κ3) is 3.86. The maximum Gasteiger partial charge on any atom is 0.408 e. The van der Waals surface area contributed by atoms with E-state index in [1.165, 1.54) is 7.11 Å². The molecule has 3 heterocycles. The summed E-state index contributed by atoms with van der Waals surface area (Å²) in [7, 11) is 1.50. The van der Waals surface area contributed by atoms with Crippen LogP contribution in [0.25, 0.3) is 5.76 Å². The summed E-state index contributed by atoms with van der Waals surface area (Å²) in [6, 6.07) is 3.18. The van der Waals surface area contributed by atoms with E-state index in [0.717, 1.165) is 4.88 Å². The van der Waals surface area contributed by atoms with Gasteiger partial charge in [0.15, 0.2) is 6.10 Å². The van der Waals surface area contributed by atoms with E-state index < -0.39 is 23.8 Å². The van der Waals surface area contributed by atoms with Crippen molar-refractivity contribution in [3.05, 3.63) is 28.5 Å². The summed E-state index contributed by atoms with van der Waals surface area (Å²) in [5, 5.41) is 4.81. The molecule has 142 valence electrons. The van der Waals surface area contributed by atoms with Gasteiger partial charge in [-0.3, -0.25) is 4.79 Å². The monoisotopic (exact) mass is 380 g/mol. The number of carbonyl (C=O) groups is 2. The van der Waals surface area contributed by atoms with Crippen LogP contribution in [0, 0.1) is 0 Å². The normalized spacial score (nSPS) is 27.8. The smallest absolute Gasteiger partial charge is 0.408 e. The topological polar surface area (TPSA) is 77.1 Å². The zero-order chi connectivity index (χ0) is 18.9. The Bertz CT molecular complexity index is 695. The minimum absolute atomic E-state index is 0.0860. The number of rotatable bonds is 3. The number of amides is 2. The molecule has 0 saturated carbocycles. The Kier molecular flexibility index (Phi) is 5.24. The Morgan fingerprint density at radius 1 is 1.42 bits per heavy atom. The standard InChI is InChI=1S/C18H24N2O5S/c1-18(2,3)25-17(22)19-11-10-24-12(13-6-5-9-26-13)7-8-20-14(11)15(23-4)16(20)21/h5-7,9,11,14-15H,8,10H2,1-4H3,(H,19,22)/b12-7-/t11-,14+,15-/m0/s1. The summed E-state index contributed by atoms with van der Waals surface area (Å²) in [5.74, 6) is 0.625. The first-order chi connectivity index (χ1) is 12.3.